The van der Waals surface area contributed by atoms with Crippen LogP contribution < -0.4 is 10.1 Å². The van der Waals surface area contributed by atoms with Crippen LogP contribution in [0.2, 0.25) is 0 Å². The Kier molecular flexibility index (Phi) is 6.88. The van der Waals surface area contributed by atoms with Gasteiger partial charge in [0.1, 0.15) is 5.75 Å². The summed E-state index contributed by atoms with van der Waals surface area (Å²) in [7, 11) is -3.23. The third-order valence-corrected chi connectivity index (χ3v) is 5.67. The average molecular weight is 404 g/mol. The van der Waals surface area contributed by atoms with Gasteiger partial charge >= 0.3 is 0 Å². The number of hydrogen-bond donors (Lipinski definition) is 1. The second kappa shape index (κ2) is 8.78. The number of carbonyl (C=O) groups excluding carboxylic acids is 1. The summed E-state index contributed by atoms with van der Waals surface area (Å²) in [4.78, 5) is 12.5. The molecule has 1 atom stereocenters. The first-order valence-corrected chi connectivity index (χ1v) is 11.2. The SMILES string of the molecule is CCC(NC(=O)COc1ccc(C(C)(C)C)cc1)c1ccc(S(C)(=O)=O)cc1. The second-order valence-electron chi connectivity index (χ2n) is 7.93. The van der Waals surface area contributed by atoms with Crippen LogP contribution in [0.25, 0.3) is 0 Å². The number of hydrogen-bond acceptors (Lipinski definition) is 4. The summed E-state index contributed by atoms with van der Waals surface area (Å²) in [5.41, 5.74) is 2.13. The van der Waals surface area contributed by atoms with E-state index in [1.807, 2.05) is 31.2 Å². The van der Waals surface area contributed by atoms with Crippen molar-refractivity contribution in [3.63, 3.8) is 0 Å². The van der Waals surface area contributed by atoms with Gasteiger partial charge in [0.15, 0.2) is 16.4 Å². The fourth-order valence-corrected chi connectivity index (χ4v) is 3.43. The van der Waals surface area contributed by atoms with Gasteiger partial charge in [0, 0.05) is 6.26 Å². The molecule has 0 aliphatic heterocycles. The molecule has 28 heavy (non-hydrogen) atoms. The van der Waals surface area contributed by atoms with Crippen LogP contribution in [0.15, 0.2) is 53.4 Å². The van der Waals surface area contributed by atoms with Crippen LogP contribution in [-0.4, -0.2) is 27.2 Å². The quantitative estimate of drug-likeness (QED) is 0.757. The number of nitrogens with one attached hydrogen (secondary N) is 1. The molecule has 2 aromatic rings. The van der Waals surface area contributed by atoms with Gasteiger partial charge in [-0.1, -0.05) is 52.0 Å². The van der Waals surface area contributed by atoms with Gasteiger partial charge in [0.2, 0.25) is 0 Å². The standard InChI is InChI=1S/C22H29NO4S/c1-6-20(16-7-13-19(14-8-16)28(5,25)26)23-21(24)15-27-18-11-9-17(10-12-18)22(2,3)4/h7-14,20H,6,15H2,1-5H3,(H,23,24). The lowest BCUT2D eigenvalue weighted by Gasteiger charge is -2.20. The molecule has 0 aliphatic carbocycles. The molecule has 1 N–H and O–H groups in total. The molecular weight excluding hydrogens is 374 g/mol. The van der Waals surface area contributed by atoms with Gasteiger partial charge in [-0.15, -0.1) is 0 Å². The van der Waals surface area contributed by atoms with Gasteiger partial charge in [0.25, 0.3) is 5.91 Å². The van der Waals surface area contributed by atoms with Crippen molar-refractivity contribution in [3.05, 3.63) is 59.7 Å². The lowest BCUT2D eigenvalue weighted by molar-refractivity contribution is -0.123. The van der Waals surface area contributed by atoms with E-state index in [1.54, 1.807) is 24.3 Å². The molecule has 1 unspecified atom stereocenters. The zero-order chi connectivity index (χ0) is 20.9. The van der Waals surface area contributed by atoms with Crippen LogP contribution in [0.1, 0.15) is 51.3 Å². The predicted octanol–water partition coefficient (Wildman–Crippen LogP) is 4.03. The van der Waals surface area contributed by atoms with Crippen molar-refractivity contribution in [2.75, 3.05) is 12.9 Å². The minimum Gasteiger partial charge on any atom is -0.484 e. The van der Waals surface area contributed by atoms with Crippen molar-refractivity contribution in [1.29, 1.82) is 0 Å². The summed E-state index contributed by atoms with van der Waals surface area (Å²) in [6.07, 6.45) is 1.86. The fourth-order valence-electron chi connectivity index (χ4n) is 2.80. The van der Waals surface area contributed by atoms with Gasteiger partial charge in [-0.2, -0.15) is 0 Å². The topological polar surface area (TPSA) is 72.5 Å². The Morgan fingerprint density at radius 3 is 2.07 bits per heavy atom. The number of ether oxygens (including phenoxy) is 1. The third-order valence-electron chi connectivity index (χ3n) is 4.54. The molecule has 1 amide bonds. The van der Waals surface area contributed by atoms with Crippen molar-refractivity contribution in [2.45, 2.75) is 50.5 Å². The lowest BCUT2D eigenvalue weighted by Crippen LogP contribution is -2.32. The Hall–Kier alpha value is -2.34. The number of sulfone groups is 1. The Labute approximate surface area is 168 Å². The third kappa shape index (κ3) is 6.09. The van der Waals surface area contributed by atoms with Gasteiger partial charge in [0.05, 0.1) is 10.9 Å². The fraction of sp³-hybridized carbons (Fsp3) is 0.409. The maximum atomic E-state index is 12.3. The molecule has 0 saturated carbocycles. The zero-order valence-electron chi connectivity index (χ0n) is 17.2. The monoisotopic (exact) mass is 403 g/mol. The highest BCUT2D eigenvalue weighted by atomic mass is 32.2. The highest BCUT2D eigenvalue weighted by molar-refractivity contribution is 7.90. The molecule has 0 heterocycles. The zero-order valence-corrected chi connectivity index (χ0v) is 18.0. The molecule has 0 spiro atoms. The number of carbonyl (C=O) groups is 1. The van der Waals surface area contributed by atoms with E-state index in [2.05, 4.69) is 26.1 Å². The van der Waals surface area contributed by atoms with E-state index in [0.717, 1.165) is 5.56 Å². The largest absolute Gasteiger partial charge is 0.484 e. The summed E-state index contributed by atoms with van der Waals surface area (Å²) in [6, 6.07) is 14.1. The Morgan fingerprint density at radius 1 is 1.04 bits per heavy atom. The van der Waals surface area contributed by atoms with Gasteiger partial charge < -0.3 is 10.1 Å². The first-order valence-electron chi connectivity index (χ1n) is 9.33. The molecule has 0 saturated heterocycles. The van der Waals surface area contributed by atoms with Crippen LogP contribution in [0, 0.1) is 0 Å². The number of rotatable bonds is 7. The molecule has 0 radical (unpaired) electrons. The number of benzene rings is 2. The normalized spacial score (nSPS) is 13.0. The van der Waals surface area contributed by atoms with Crippen LogP contribution in [-0.2, 0) is 20.0 Å². The van der Waals surface area contributed by atoms with E-state index in [1.165, 1.54) is 11.8 Å². The Balaban J connectivity index is 1.95. The summed E-state index contributed by atoms with van der Waals surface area (Å²) < 4.78 is 28.7. The molecule has 0 aromatic heterocycles. The van der Waals surface area contributed by atoms with E-state index in [9.17, 15) is 13.2 Å². The maximum absolute atomic E-state index is 12.3. The van der Waals surface area contributed by atoms with E-state index < -0.39 is 9.84 Å². The first-order chi connectivity index (χ1) is 13.0. The highest BCUT2D eigenvalue weighted by Gasteiger charge is 2.16. The number of amides is 1. The second-order valence-corrected chi connectivity index (χ2v) is 9.95. The van der Waals surface area contributed by atoms with Crippen LogP contribution in [0.3, 0.4) is 0 Å². The molecular formula is C22H29NO4S. The molecule has 2 aromatic carbocycles. The van der Waals surface area contributed by atoms with E-state index in [4.69, 9.17) is 4.74 Å². The van der Waals surface area contributed by atoms with Crippen molar-refractivity contribution in [2.24, 2.45) is 0 Å². The summed E-state index contributed by atoms with van der Waals surface area (Å²) in [5.74, 6) is 0.424. The molecule has 2 rings (SSSR count). The van der Waals surface area contributed by atoms with Crippen LogP contribution in [0.4, 0.5) is 0 Å². The van der Waals surface area contributed by atoms with Crippen molar-refractivity contribution >= 4 is 15.7 Å². The van der Waals surface area contributed by atoms with Gasteiger partial charge in [-0.3, -0.25) is 4.79 Å². The first kappa shape index (κ1) is 22.0. The maximum Gasteiger partial charge on any atom is 0.258 e. The van der Waals surface area contributed by atoms with Crippen LogP contribution >= 0.6 is 0 Å². The van der Waals surface area contributed by atoms with Crippen molar-refractivity contribution in [1.82, 2.24) is 5.32 Å². The molecule has 5 nitrogen and oxygen atoms in total. The minimum absolute atomic E-state index is 0.0664. The molecule has 6 heteroatoms. The minimum atomic E-state index is -3.23. The van der Waals surface area contributed by atoms with Crippen molar-refractivity contribution < 1.29 is 17.9 Å². The van der Waals surface area contributed by atoms with Crippen LogP contribution in [0.5, 0.6) is 5.75 Å². The lowest BCUT2D eigenvalue weighted by atomic mass is 9.87. The molecule has 152 valence electrons. The summed E-state index contributed by atoms with van der Waals surface area (Å²) in [5, 5.41) is 2.93. The van der Waals surface area contributed by atoms with Crippen molar-refractivity contribution in [3.8, 4) is 5.75 Å². The average Bonchev–Trinajstić information content (AvgIpc) is 2.63. The van der Waals surface area contributed by atoms with E-state index in [0.29, 0.717) is 12.2 Å². The molecule has 0 fully saturated rings. The predicted molar refractivity (Wildman–Crippen MR) is 111 cm³/mol. The molecule has 0 bridgehead atoms. The Bertz CT molecular complexity index is 895. The highest BCUT2D eigenvalue weighted by Crippen LogP contribution is 2.24. The van der Waals surface area contributed by atoms with E-state index in [-0.39, 0.29) is 28.9 Å². The van der Waals surface area contributed by atoms with Gasteiger partial charge in [-0.25, -0.2) is 8.42 Å². The summed E-state index contributed by atoms with van der Waals surface area (Å²) in [6.45, 7) is 8.31. The van der Waals surface area contributed by atoms with Gasteiger partial charge in [-0.05, 0) is 47.2 Å². The Morgan fingerprint density at radius 2 is 1.61 bits per heavy atom. The smallest absolute Gasteiger partial charge is 0.258 e. The summed E-state index contributed by atoms with van der Waals surface area (Å²) >= 11 is 0. The van der Waals surface area contributed by atoms with E-state index >= 15 is 0 Å². The molecule has 0 aliphatic rings.